The summed E-state index contributed by atoms with van der Waals surface area (Å²) in [4.78, 5) is 25.1. The number of hydrogen-bond donors (Lipinski definition) is 1. The quantitative estimate of drug-likeness (QED) is 0.597. The van der Waals surface area contributed by atoms with Crippen molar-refractivity contribution in [2.75, 3.05) is 23.3 Å². The van der Waals surface area contributed by atoms with E-state index in [1.54, 1.807) is 60.7 Å². The third-order valence-corrected chi connectivity index (χ3v) is 6.74. The first-order chi connectivity index (χ1) is 15.4. The van der Waals surface area contributed by atoms with Crippen molar-refractivity contribution in [3.05, 3.63) is 84.4 Å². The van der Waals surface area contributed by atoms with E-state index >= 15 is 0 Å². The molecule has 32 heavy (non-hydrogen) atoms. The van der Waals surface area contributed by atoms with E-state index in [1.807, 2.05) is 0 Å². The second kappa shape index (κ2) is 8.72. The van der Waals surface area contributed by atoms with Crippen LogP contribution in [0.3, 0.4) is 0 Å². The van der Waals surface area contributed by atoms with Crippen LogP contribution in [0.2, 0.25) is 0 Å². The zero-order valence-corrected chi connectivity index (χ0v) is 17.9. The Morgan fingerprint density at radius 3 is 2.38 bits per heavy atom. The summed E-state index contributed by atoms with van der Waals surface area (Å²) in [7, 11) is -2.70. The van der Waals surface area contributed by atoms with Crippen molar-refractivity contribution in [3.8, 4) is 5.75 Å². The molecule has 1 unspecified atom stereocenters. The van der Waals surface area contributed by atoms with Crippen LogP contribution in [0.5, 0.6) is 5.75 Å². The summed E-state index contributed by atoms with van der Waals surface area (Å²) < 4.78 is 38.4. The van der Waals surface area contributed by atoms with E-state index in [0.29, 0.717) is 5.69 Å². The van der Waals surface area contributed by atoms with Gasteiger partial charge in [-0.2, -0.15) is 0 Å². The highest BCUT2D eigenvalue weighted by atomic mass is 32.2. The molecule has 0 aromatic heterocycles. The molecule has 4 rings (SSSR count). The van der Waals surface area contributed by atoms with E-state index < -0.39 is 28.0 Å². The fourth-order valence-corrected chi connectivity index (χ4v) is 4.88. The van der Waals surface area contributed by atoms with Crippen LogP contribution < -0.4 is 14.4 Å². The Labute approximate surface area is 185 Å². The van der Waals surface area contributed by atoms with Gasteiger partial charge in [-0.25, -0.2) is 13.2 Å². The minimum absolute atomic E-state index is 0.104. The maximum absolute atomic E-state index is 13.3. The Kier molecular flexibility index (Phi) is 5.83. The number of benzene rings is 3. The smallest absolute Gasteiger partial charge is 0.339 e. The molecule has 3 aromatic carbocycles. The van der Waals surface area contributed by atoms with Crippen molar-refractivity contribution in [2.24, 2.45) is 0 Å². The average molecular weight is 452 g/mol. The Morgan fingerprint density at radius 2 is 1.62 bits per heavy atom. The second-order valence-corrected chi connectivity index (χ2v) is 8.81. The van der Waals surface area contributed by atoms with Crippen molar-refractivity contribution in [3.63, 3.8) is 0 Å². The van der Waals surface area contributed by atoms with Crippen LogP contribution >= 0.6 is 0 Å². The summed E-state index contributed by atoms with van der Waals surface area (Å²) in [6.07, 6.45) is -1.14. The van der Waals surface area contributed by atoms with Gasteiger partial charge >= 0.3 is 5.97 Å². The van der Waals surface area contributed by atoms with Crippen molar-refractivity contribution >= 4 is 33.3 Å². The number of ether oxygens (including phenoxy) is 2. The molecule has 164 valence electrons. The molecule has 1 N–H and O–H groups in total. The molecule has 1 aliphatic heterocycles. The fourth-order valence-electron chi connectivity index (χ4n) is 3.38. The monoisotopic (exact) mass is 452 g/mol. The van der Waals surface area contributed by atoms with Crippen LogP contribution in [-0.4, -0.2) is 40.1 Å². The standard InChI is InChI=1S/C23H20N2O6S/c1-30-23(27)17-11-5-6-12-18(17)24-22(26)21-15-25(19-13-7-8-14-20(19)31-21)32(28,29)16-9-3-2-4-10-16/h2-14,21H,15H2,1H3,(H,24,26). The summed E-state index contributed by atoms with van der Waals surface area (Å²) in [5.41, 5.74) is 0.757. The lowest BCUT2D eigenvalue weighted by atomic mass is 10.1. The summed E-state index contributed by atoms with van der Waals surface area (Å²) in [6.45, 7) is -0.236. The SMILES string of the molecule is COC(=O)c1ccccc1NC(=O)C1CN(S(=O)(=O)c2ccccc2)c2ccccc2O1. The molecule has 0 aliphatic carbocycles. The number of hydrogen-bond acceptors (Lipinski definition) is 6. The number of fused-ring (bicyclic) bond motifs is 1. The Hall–Kier alpha value is -3.85. The lowest BCUT2D eigenvalue weighted by Gasteiger charge is -2.34. The molecule has 0 saturated carbocycles. The zero-order chi connectivity index (χ0) is 22.7. The number of amides is 1. The first kappa shape index (κ1) is 21.4. The molecule has 1 amide bonds. The van der Waals surface area contributed by atoms with Gasteiger partial charge in [0.15, 0.2) is 6.10 Å². The molecular formula is C23H20N2O6S. The Bertz CT molecular complexity index is 1260. The number of esters is 1. The third-order valence-electron chi connectivity index (χ3n) is 4.95. The van der Waals surface area contributed by atoms with Crippen molar-refractivity contribution < 1.29 is 27.5 Å². The van der Waals surface area contributed by atoms with Crippen LogP contribution in [0.1, 0.15) is 10.4 Å². The number of methoxy groups -OCH3 is 1. The summed E-state index contributed by atoms with van der Waals surface area (Å²) in [6, 6.07) is 21.0. The van der Waals surface area contributed by atoms with Crippen LogP contribution in [0.25, 0.3) is 0 Å². The fraction of sp³-hybridized carbons (Fsp3) is 0.130. The lowest BCUT2D eigenvalue weighted by molar-refractivity contribution is -0.122. The van der Waals surface area contributed by atoms with E-state index in [0.717, 1.165) is 4.31 Å². The van der Waals surface area contributed by atoms with Gasteiger partial charge in [-0.05, 0) is 36.4 Å². The first-order valence-electron chi connectivity index (χ1n) is 9.73. The number of carbonyl (C=O) groups is 2. The molecule has 9 heteroatoms. The highest BCUT2D eigenvalue weighted by Crippen LogP contribution is 2.37. The van der Waals surface area contributed by atoms with Gasteiger partial charge in [0.05, 0.1) is 35.5 Å². The predicted molar refractivity (Wildman–Crippen MR) is 118 cm³/mol. The highest BCUT2D eigenvalue weighted by Gasteiger charge is 2.37. The number of carbonyl (C=O) groups excluding carboxylic acids is 2. The minimum atomic E-state index is -3.94. The maximum atomic E-state index is 13.3. The van der Waals surface area contributed by atoms with Crippen molar-refractivity contribution in [2.45, 2.75) is 11.0 Å². The van der Waals surface area contributed by atoms with Gasteiger partial charge in [0, 0.05) is 0 Å². The molecule has 3 aromatic rings. The van der Waals surface area contributed by atoms with Gasteiger partial charge in [-0.3, -0.25) is 9.10 Å². The molecule has 8 nitrogen and oxygen atoms in total. The zero-order valence-electron chi connectivity index (χ0n) is 17.1. The Balaban J connectivity index is 1.66. The van der Waals surface area contributed by atoms with Crippen LogP contribution in [-0.2, 0) is 19.6 Å². The average Bonchev–Trinajstić information content (AvgIpc) is 2.83. The van der Waals surface area contributed by atoms with Gasteiger partial charge in [-0.15, -0.1) is 0 Å². The van der Waals surface area contributed by atoms with E-state index in [2.05, 4.69) is 5.32 Å². The Morgan fingerprint density at radius 1 is 0.969 bits per heavy atom. The van der Waals surface area contributed by atoms with Crippen molar-refractivity contribution in [1.82, 2.24) is 0 Å². The van der Waals surface area contributed by atoms with E-state index in [-0.39, 0.29) is 28.4 Å². The number of nitrogens with zero attached hydrogens (tertiary/aromatic N) is 1. The molecular weight excluding hydrogens is 432 g/mol. The van der Waals surface area contributed by atoms with Gasteiger partial charge in [0.25, 0.3) is 15.9 Å². The third kappa shape index (κ3) is 4.02. The maximum Gasteiger partial charge on any atom is 0.339 e. The topological polar surface area (TPSA) is 102 Å². The molecule has 0 bridgehead atoms. The molecule has 0 saturated heterocycles. The molecule has 1 atom stereocenters. The molecule has 0 radical (unpaired) electrons. The molecule has 1 aliphatic rings. The van der Waals surface area contributed by atoms with Gasteiger partial charge < -0.3 is 14.8 Å². The summed E-state index contributed by atoms with van der Waals surface area (Å²) in [5.74, 6) is -0.937. The number of anilines is 2. The first-order valence-corrected chi connectivity index (χ1v) is 11.2. The number of nitrogens with one attached hydrogen (secondary N) is 1. The van der Waals surface area contributed by atoms with Crippen LogP contribution in [0.15, 0.2) is 83.8 Å². The lowest BCUT2D eigenvalue weighted by Crippen LogP contribution is -2.48. The van der Waals surface area contributed by atoms with Crippen molar-refractivity contribution in [1.29, 1.82) is 0 Å². The normalized spacial score (nSPS) is 15.3. The van der Waals surface area contributed by atoms with Crippen LogP contribution in [0.4, 0.5) is 11.4 Å². The number of para-hydroxylation sites is 3. The largest absolute Gasteiger partial charge is 0.476 e. The van der Waals surface area contributed by atoms with E-state index in [9.17, 15) is 18.0 Å². The minimum Gasteiger partial charge on any atom is -0.476 e. The van der Waals surface area contributed by atoms with E-state index in [1.165, 1.54) is 25.3 Å². The second-order valence-electron chi connectivity index (χ2n) is 6.95. The van der Waals surface area contributed by atoms with Crippen LogP contribution in [0, 0.1) is 0 Å². The predicted octanol–water partition coefficient (Wildman–Crippen LogP) is 3.07. The molecule has 0 spiro atoms. The van der Waals surface area contributed by atoms with Gasteiger partial charge in [-0.1, -0.05) is 42.5 Å². The number of sulfonamides is 1. The van der Waals surface area contributed by atoms with Gasteiger partial charge in [0.1, 0.15) is 5.75 Å². The number of rotatable bonds is 5. The summed E-state index contributed by atoms with van der Waals surface area (Å²) >= 11 is 0. The van der Waals surface area contributed by atoms with E-state index in [4.69, 9.17) is 9.47 Å². The highest BCUT2D eigenvalue weighted by molar-refractivity contribution is 7.92. The van der Waals surface area contributed by atoms with Gasteiger partial charge in [0.2, 0.25) is 0 Å². The summed E-state index contributed by atoms with van der Waals surface area (Å²) in [5, 5.41) is 2.65. The molecule has 1 heterocycles. The molecule has 0 fully saturated rings.